The molecule has 0 unspecified atom stereocenters. The van der Waals surface area contributed by atoms with E-state index in [4.69, 9.17) is 9.47 Å². The minimum absolute atomic E-state index is 0.00169. The SMILES string of the molecule is CC(C)(C)N1CCN(C(=O)O[C@@H]2CC[C@@]3(C=O)c4c(F)ccc(F)c4OC[C@H]3C2)CC1. The van der Waals surface area contributed by atoms with Crippen molar-refractivity contribution in [1.29, 1.82) is 0 Å². The topological polar surface area (TPSA) is 59.1 Å². The zero-order valence-electron chi connectivity index (χ0n) is 18.3. The minimum atomic E-state index is -1.15. The number of rotatable bonds is 2. The summed E-state index contributed by atoms with van der Waals surface area (Å²) < 4.78 is 40.1. The van der Waals surface area contributed by atoms with Crippen molar-refractivity contribution in [3.05, 3.63) is 29.3 Å². The quantitative estimate of drug-likeness (QED) is 0.664. The van der Waals surface area contributed by atoms with Crippen LogP contribution in [0.4, 0.5) is 13.6 Å². The van der Waals surface area contributed by atoms with Crippen LogP contribution in [0.5, 0.6) is 5.75 Å². The van der Waals surface area contributed by atoms with E-state index in [9.17, 15) is 18.4 Å². The van der Waals surface area contributed by atoms with Crippen molar-refractivity contribution in [2.24, 2.45) is 5.92 Å². The summed E-state index contributed by atoms with van der Waals surface area (Å²) in [4.78, 5) is 28.9. The molecule has 4 rings (SSSR count). The molecular formula is C23H30F2N2O4. The molecule has 1 amide bonds. The van der Waals surface area contributed by atoms with E-state index >= 15 is 0 Å². The van der Waals surface area contributed by atoms with E-state index in [-0.39, 0.29) is 48.0 Å². The highest BCUT2D eigenvalue weighted by Gasteiger charge is 2.52. The summed E-state index contributed by atoms with van der Waals surface area (Å²) in [6.07, 6.45) is 1.07. The number of aldehydes is 1. The number of amides is 1. The molecular weight excluding hydrogens is 406 g/mol. The Kier molecular flexibility index (Phi) is 5.70. The highest BCUT2D eigenvalue weighted by atomic mass is 19.1. The minimum Gasteiger partial charge on any atom is -0.490 e. The van der Waals surface area contributed by atoms with Gasteiger partial charge in [-0.1, -0.05) is 0 Å². The van der Waals surface area contributed by atoms with Crippen molar-refractivity contribution in [1.82, 2.24) is 9.80 Å². The van der Waals surface area contributed by atoms with Gasteiger partial charge in [0.2, 0.25) is 0 Å². The molecule has 1 saturated carbocycles. The Morgan fingerprint density at radius 2 is 1.87 bits per heavy atom. The Morgan fingerprint density at radius 1 is 1.19 bits per heavy atom. The molecule has 3 atom stereocenters. The third kappa shape index (κ3) is 3.90. The summed E-state index contributed by atoms with van der Waals surface area (Å²) in [6, 6.07) is 2.05. The van der Waals surface area contributed by atoms with Crippen molar-refractivity contribution in [3.8, 4) is 5.75 Å². The van der Waals surface area contributed by atoms with Gasteiger partial charge in [0.15, 0.2) is 11.6 Å². The lowest BCUT2D eigenvalue weighted by molar-refractivity contribution is -0.119. The molecule has 6 nitrogen and oxygen atoms in total. The van der Waals surface area contributed by atoms with E-state index in [0.29, 0.717) is 25.9 Å². The Morgan fingerprint density at radius 3 is 2.52 bits per heavy atom. The first kappa shape index (κ1) is 22.0. The van der Waals surface area contributed by atoms with Gasteiger partial charge in [0.05, 0.1) is 12.0 Å². The van der Waals surface area contributed by atoms with E-state index < -0.39 is 17.0 Å². The summed E-state index contributed by atoms with van der Waals surface area (Å²) in [5.74, 6) is -1.85. The third-order valence-electron chi connectivity index (χ3n) is 7.07. The van der Waals surface area contributed by atoms with Crippen LogP contribution in [0.25, 0.3) is 0 Å². The van der Waals surface area contributed by atoms with E-state index in [1.54, 1.807) is 4.90 Å². The number of carbonyl (C=O) groups excluding carboxylic acids is 2. The van der Waals surface area contributed by atoms with E-state index in [2.05, 4.69) is 25.7 Å². The summed E-state index contributed by atoms with van der Waals surface area (Å²) >= 11 is 0. The number of ether oxygens (including phenoxy) is 2. The average Bonchev–Trinajstić information content (AvgIpc) is 2.75. The van der Waals surface area contributed by atoms with Crippen LogP contribution in [0.15, 0.2) is 12.1 Å². The highest BCUT2D eigenvalue weighted by Crippen LogP contribution is 2.51. The molecule has 1 aromatic rings. The maximum Gasteiger partial charge on any atom is 0.410 e. The number of hydrogen-bond acceptors (Lipinski definition) is 5. The molecule has 1 aliphatic carbocycles. The molecule has 170 valence electrons. The Labute approximate surface area is 181 Å². The van der Waals surface area contributed by atoms with E-state index in [0.717, 1.165) is 31.5 Å². The van der Waals surface area contributed by atoms with Crippen LogP contribution in [0.3, 0.4) is 0 Å². The summed E-state index contributed by atoms with van der Waals surface area (Å²) in [6.45, 7) is 9.33. The molecule has 0 aromatic heterocycles. The largest absolute Gasteiger partial charge is 0.490 e. The first-order valence-corrected chi connectivity index (χ1v) is 10.9. The average molecular weight is 436 g/mol. The van der Waals surface area contributed by atoms with Crippen molar-refractivity contribution in [3.63, 3.8) is 0 Å². The molecule has 0 N–H and O–H groups in total. The number of hydrogen-bond donors (Lipinski definition) is 0. The number of piperazine rings is 1. The number of carbonyl (C=O) groups is 2. The Balaban J connectivity index is 1.42. The smallest absolute Gasteiger partial charge is 0.410 e. The van der Waals surface area contributed by atoms with Gasteiger partial charge in [-0.05, 0) is 52.2 Å². The van der Waals surface area contributed by atoms with Gasteiger partial charge in [0.1, 0.15) is 18.2 Å². The molecule has 1 saturated heterocycles. The molecule has 0 radical (unpaired) electrons. The van der Waals surface area contributed by atoms with Crippen LogP contribution in [0.1, 0.15) is 45.6 Å². The molecule has 2 fully saturated rings. The lowest BCUT2D eigenvalue weighted by Crippen LogP contribution is -2.55. The second-order valence-corrected chi connectivity index (χ2v) is 9.82. The van der Waals surface area contributed by atoms with E-state index in [1.807, 2.05) is 0 Å². The molecule has 31 heavy (non-hydrogen) atoms. The lowest BCUT2D eigenvalue weighted by Gasteiger charge is -2.46. The van der Waals surface area contributed by atoms with Crippen molar-refractivity contribution in [2.45, 2.75) is 57.1 Å². The fourth-order valence-electron chi connectivity index (χ4n) is 5.19. The van der Waals surface area contributed by atoms with Crippen LogP contribution in [-0.2, 0) is 14.9 Å². The normalized spacial score (nSPS) is 28.9. The number of fused-ring (bicyclic) bond motifs is 3. The van der Waals surface area contributed by atoms with Gasteiger partial charge in [-0.3, -0.25) is 4.90 Å². The molecule has 3 aliphatic rings. The predicted molar refractivity (Wildman–Crippen MR) is 110 cm³/mol. The van der Waals surface area contributed by atoms with E-state index in [1.165, 1.54) is 0 Å². The number of nitrogens with zero attached hydrogens (tertiary/aromatic N) is 2. The van der Waals surface area contributed by atoms with Gasteiger partial charge in [-0.15, -0.1) is 0 Å². The van der Waals surface area contributed by atoms with Gasteiger partial charge in [-0.25, -0.2) is 13.6 Å². The maximum atomic E-state index is 14.6. The van der Waals surface area contributed by atoms with Crippen LogP contribution < -0.4 is 4.74 Å². The molecule has 8 heteroatoms. The van der Waals surface area contributed by atoms with Crippen LogP contribution >= 0.6 is 0 Å². The number of halogens is 2. The molecule has 0 spiro atoms. The fourth-order valence-corrected chi connectivity index (χ4v) is 5.19. The predicted octanol–water partition coefficient (Wildman–Crippen LogP) is 3.52. The zero-order chi connectivity index (χ0) is 22.4. The third-order valence-corrected chi connectivity index (χ3v) is 7.07. The monoisotopic (exact) mass is 436 g/mol. The summed E-state index contributed by atoms with van der Waals surface area (Å²) in [5, 5.41) is 0. The lowest BCUT2D eigenvalue weighted by atomic mass is 9.61. The molecule has 0 bridgehead atoms. The fraction of sp³-hybridized carbons (Fsp3) is 0.652. The van der Waals surface area contributed by atoms with Gasteiger partial charge in [0, 0.05) is 43.2 Å². The van der Waals surface area contributed by atoms with Crippen LogP contribution in [0.2, 0.25) is 0 Å². The maximum absolute atomic E-state index is 14.6. The van der Waals surface area contributed by atoms with Crippen LogP contribution in [-0.4, -0.2) is 66.6 Å². The van der Waals surface area contributed by atoms with Gasteiger partial charge in [-0.2, -0.15) is 0 Å². The van der Waals surface area contributed by atoms with Crippen molar-refractivity contribution >= 4 is 12.4 Å². The van der Waals surface area contributed by atoms with Gasteiger partial charge in [0.25, 0.3) is 0 Å². The Bertz CT molecular complexity index is 864. The van der Waals surface area contributed by atoms with Crippen molar-refractivity contribution in [2.75, 3.05) is 32.8 Å². The van der Waals surface area contributed by atoms with Crippen LogP contribution in [0, 0.1) is 17.6 Å². The standard InChI is InChI=1S/C23H30F2N2O4/c1-22(2,3)27-10-8-26(9-11-27)21(29)31-16-6-7-23(14-28)15(12-16)13-30-20-18(25)5-4-17(24)19(20)23/h4-5,14-16H,6-13H2,1-3H3/t15-,16-,23+/m1/s1. The van der Waals surface area contributed by atoms with Gasteiger partial charge >= 0.3 is 6.09 Å². The zero-order valence-corrected chi connectivity index (χ0v) is 18.3. The summed E-state index contributed by atoms with van der Waals surface area (Å²) in [5.41, 5.74) is -1.09. The first-order chi connectivity index (χ1) is 14.7. The highest BCUT2D eigenvalue weighted by molar-refractivity contribution is 5.73. The molecule has 2 heterocycles. The first-order valence-electron chi connectivity index (χ1n) is 10.9. The molecule has 1 aromatic carbocycles. The van der Waals surface area contributed by atoms with Gasteiger partial charge < -0.3 is 19.2 Å². The number of benzene rings is 1. The second kappa shape index (κ2) is 8.04. The Hall–Kier alpha value is -2.22. The summed E-state index contributed by atoms with van der Waals surface area (Å²) in [7, 11) is 0. The second-order valence-electron chi connectivity index (χ2n) is 9.82. The van der Waals surface area contributed by atoms with Crippen molar-refractivity contribution < 1.29 is 27.8 Å². The molecule has 2 aliphatic heterocycles.